The number of nitrogens with one attached hydrogen (secondary N) is 1. The van der Waals surface area contributed by atoms with Gasteiger partial charge in [-0.1, -0.05) is 19.1 Å². The molecule has 0 radical (unpaired) electrons. The highest BCUT2D eigenvalue weighted by Gasteiger charge is 2.27. The highest BCUT2D eigenvalue weighted by atomic mass is 19.2. The number of H-pyrrole nitrogens is 1. The first-order valence-corrected chi connectivity index (χ1v) is 13.3. The average molecular weight is 552 g/mol. The lowest BCUT2D eigenvalue weighted by atomic mass is 9.91. The van der Waals surface area contributed by atoms with Gasteiger partial charge in [-0.25, -0.2) is 22.9 Å². The van der Waals surface area contributed by atoms with Crippen LogP contribution >= 0.6 is 0 Å². The number of aromatic amines is 1. The lowest BCUT2D eigenvalue weighted by Gasteiger charge is -2.36. The van der Waals surface area contributed by atoms with Gasteiger partial charge in [0.15, 0.2) is 17.3 Å². The molecule has 0 spiro atoms. The first-order valence-electron chi connectivity index (χ1n) is 13.3. The predicted octanol–water partition coefficient (Wildman–Crippen LogP) is 6.64. The van der Waals surface area contributed by atoms with Gasteiger partial charge in [0.1, 0.15) is 11.4 Å². The maximum absolute atomic E-state index is 14.9. The fourth-order valence-electron chi connectivity index (χ4n) is 5.17. The zero-order valence-electron chi connectivity index (χ0n) is 23.2. The van der Waals surface area contributed by atoms with E-state index < -0.39 is 28.6 Å². The monoisotopic (exact) mass is 551 g/mol. The van der Waals surface area contributed by atoms with Crippen LogP contribution < -0.4 is 4.90 Å². The Morgan fingerprint density at radius 3 is 2.25 bits per heavy atom. The number of pyridine rings is 1. The molecule has 4 aromatic rings. The third-order valence-corrected chi connectivity index (χ3v) is 7.07. The van der Waals surface area contributed by atoms with E-state index in [1.807, 2.05) is 58.9 Å². The number of fused-ring (bicyclic) bond motifs is 1. The van der Waals surface area contributed by atoms with E-state index in [2.05, 4.69) is 20.1 Å². The lowest BCUT2D eigenvalue weighted by molar-refractivity contribution is 0.0240. The highest BCUT2D eigenvalue weighted by Crippen LogP contribution is 2.40. The molecule has 7 nitrogen and oxygen atoms in total. The van der Waals surface area contributed by atoms with Gasteiger partial charge < -0.3 is 14.5 Å². The van der Waals surface area contributed by atoms with E-state index in [0.29, 0.717) is 43.8 Å². The number of piperazine rings is 1. The molecule has 0 aliphatic carbocycles. The maximum Gasteiger partial charge on any atom is 0.410 e. The summed E-state index contributed by atoms with van der Waals surface area (Å²) in [6.45, 7) is 11.7. The summed E-state index contributed by atoms with van der Waals surface area (Å²) in [7, 11) is 0. The minimum atomic E-state index is -1.28. The minimum absolute atomic E-state index is 0.0355. The average Bonchev–Trinajstić information content (AvgIpc) is 3.29. The van der Waals surface area contributed by atoms with Crippen LogP contribution in [-0.4, -0.2) is 58.0 Å². The van der Waals surface area contributed by atoms with Crippen LogP contribution in [-0.2, 0) is 11.2 Å². The fourth-order valence-corrected chi connectivity index (χ4v) is 5.17. The van der Waals surface area contributed by atoms with Gasteiger partial charge in [0.05, 0.1) is 11.3 Å². The second-order valence-corrected chi connectivity index (χ2v) is 10.9. The summed E-state index contributed by atoms with van der Waals surface area (Å²) in [6.07, 6.45) is 0.0934. The molecule has 40 heavy (non-hydrogen) atoms. The second kappa shape index (κ2) is 10.5. The molecule has 0 bridgehead atoms. The molecule has 0 saturated carbocycles. The summed E-state index contributed by atoms with van der Waals surface area (Å²) in [6, 6.07) is 9.57. The molecule has 1 aliphatic rings. The smallest absolute Gasteiger partial charge is 0.410 e. The van der Waals surface area contributed by atoms with Gasteiger partial charge in [-0.2, -0.15) is 5.10 Å². The largest absolute Gasteiger partial charge is 0.444 e. The number of anilines is 1. The zero-order chi connectivity index (χ0) is 28.8. The number of ether oxygens (including phenoxy) is 1. The topological polar surface area (TPSA) is 74.4 Å². The van der Waals surface area contributed by atoms with Gasteiger partial charge >= 0.3 is 6.09 Å². The van der Waals surface area contributed by atoms with Gasteiger partial charge in [-0.3, -0.25) is 5.10 Å². The molecule has 1 amide bonds. The molecular weight excluding hydrogens is 519 g/mol. The molecule has 2 aromatic carbocycles. The fraction of sp³-hybridized carbons (Fsp3) is 0.367. The number of carbonyl (C=O) groups is 1. The van der Waals surface area contributed by atoms with Crippen LogP contribution in [0.25, 0.3) is 33.4 Å². The van der Waals surface area contributed by atoms with Crippen LogP contribution in [0.5, 0.6) is 0 Å². The van der Waals surface area contributed by atoms with Crippen LogP contribution in [0.15, 0.2) is 36.4 Å². The normalized spacial score (nSPS) is 14.2. The van der Waals surface area contributed by atoms with Crippen molar-refractivity contribution in [2.45, 2.75) is 46.6 Å². The van der Waals surface area contributed by atoms with Crippen molar-refractivity contribution in [2.75, 3.05) is 31.1 Å². The van der Waals surface area contributed by atoms with Gasteiger partial charge in [0.2, 0.25) is 0 Å². The van der Waals surface area contributed by atoms with Crippen LogP contribution in [0, 0.1) is 24.4 Å². The van der Waals surface area contributed by atoms with Crippen LogP contribution in [0.1, 0.15) is 39.0 Å². The maximum atomic E-state index is 14.9. The Bertz CT molecular complexity index is 1570. The Balaban J connectivity index is 1.50. The molecule has 0 atom stereocenters. The Morgan fingerprint density at radius 2 is 1.62 bits per heavy atom. The van der Waals surface area contributed by atoms with Crippen molar-refractivity contribution >= 4 is 22.8 Å². The van der Waals surface area contributed by atoms with E-state index in [4.69, 9.17) is 4.74 Å². The Labute approximate surface area is 231 Å². The molecule has 3 heterocycles. The summed E-state index contributed by atoms with van der Waals surface area (Å²) in [5.41, 5.74) is 3.21. The minimum Gasteiger partial charge on any atom is -0.444 e. The first-order chi connectivity index (χ1) is 19.0. The third-order valence-electron chi connectivity index (χ3n) is 7.07. The molecule has 5 rings (SSSR count). The second-order valence-electron chi connectivity index (χ2n) is 10.9. The van der Waals surface area contributed by atoms with E-state index in [-0.39, 0.29) is 11.8 Å². The predicted molar refractivity (Wildman–Crippen MR) is 149 cm³/mol. The number of hydrogen-bond donors (Lipinski definition) is 1. The summed E-state index contributed by atoms with van der Waals surface area (Å²) < 4.78 is 49.4. The molecule has 0 unspecified atom stereocenters. The van der Waals surface area contributed by atoms with Crippen molar-refractivity contribution in [1.29, 1.82) is 0 Å². The van der Waals surface area contributed by atoms with E-state index in [0.717, 1.165) is 40.0 Å². The molecule has 1 saturated heterocycles. The molecule has 1 fully saturated rings. The molecule has 10 heteroatoms. The van der Waals surface area contributed by atoms with Crippen molar-refractivity contribution in [3.63, 3.8) is 0 Å². The number of halogens is 3. The SMILES string of the molecule is CCc1c(-c2c(F)ccc(F)c2F)nc2n[nH]c(C)c2c1-c1ccc(N2CCN(C(=O)OC(C)(C)C)CC2)cc1. The van der Waals surface area contributed by atoms with Gasteiger partial charge in [-0.15, -0.1) is 0 Å². The van der Waals surface area contributed by atoms with E-state index in [1.165, 1.54) is 0 Å². The molecule has 2 aromatic heterocycles. The van der Waals surface area contributed by atoms with Crippen molar-refractivity contribution in [3.8, 4) is 22.4 Å². The summed E-state index contributed by atoms with van der Waals surface area (Å²) >= 11 is 0. The Hall–Kier alpha value is -4.08. The van der Waals surface area contributed by atoms with Crippen molar-refractivity contribution in [3.05, 3.63) is 65.1 Å². The van der Waals surface area contributed by atoms with Gasteiger partial charge in [0.25, 0.3) is 0 Å². The Morgan fingerprint density at radius 1 is 0.975 bits per heavy atom. The molecular formula is C30H32F3N5O2. The number of nitrogens with zero attached hydrogens (tertiary/aromatic N) is 4. The van der Waals surface area contributed by atoms with E-state index in [1.54, 1.807) is 4.90 Å². The number of rotatable bonds is 4. The molecule has 210 valence electrons. The quantitative estimate of drug-likeness (QED) is 0.288. The zero-order valence-corrected chi connectivity index (χ0v) is 23.2. The van der Waals surface area contributed by atoms with Crippen LogP contribution in [0.3, 0.4) is 0 Å². The number of hydrogen-bond acceptors (Lipinski definition) is 5. The number of carbonyl (C=O) groups excluding carboxylic acids is 1. The van der Waals surface area contributed by atoms with Gasteiger partial charge in [-0.05, 0) is 75.1 Å². The van der Waals surface area contributed by atoms with E-state index in [9.17, 15) is 18.0 Å². The third kappa shape index (κ3) is 5.10. The standard InChI is InChI=1S/C30H32F3N5O2/c1-6-20-24(23-17(2)35-36-28(23)34-27(20)25-21(31)11-12-22(32)26(25)33)18-7-9-19(10-8-18)37-13-15-38(16-14-37)29(39)40-30(3,4)5/h7-12H,6,13-16H2,1-5H3,(H,34,35,36). The number of benzene rings is 2. The molecule has 1 aliphatic heterocycles. The summed E-state index contributed by atoms with van der Waals surface area (Å²) in [4.78, 5) is 20.8. The number of aryl methyl sites for hydroxylation is 1. The number of amides is 1. The Kier molecular flexibility index (Phi) is 7.20. The van der Waals surface area contributed by atoms with Crippen LogP contribution in [0.4, 0.5) is 23.7 Å². The van der Waals surface area contributed by atoms with E-state index >= 15 is 0 Å². The van der Waals surface area contributed by atoms with Crippen molar-refractivity contribution < 1.29 is 22.7 Å². The number of aromatic nitrogens is 3. The molecule has 1 N–H and O–H groups in total. The first kappa shape index (κ1) is 27.5. The van der Waals surface area contributed by atoms with Gasteiger partial charge in [0, 0.05) is 42.9 Å². The lowest BCUT2D eigenvalue weighted by Crippen LogP contribution is -2.50. The van der Waals surface area contributed by atoms with Crippen LogP contribution in [0.2, 0.25) is 0 Å². The highest BCUT2D eigenvalue weighted by molar-refractivity contribution is 5.99. The summed E-state index contributed by atoms with van der Waals surface area (Å²) in [5, 5.41) is 7.93. The summed E-state index contributed by atoms with van der Waals surface area (Å²) in [5.74, 6) is -3.31. The van der Waals surface area contributed by atoms with Crippen molar-refractivity contribution in [2.24, 2.45) is 0 Å². The van der Waals surface area contributed by atoms with Crippen molar-refractivity contribution in [1.82, 2.24) is 20.1 Å².